The molecule has 0 bridgehead atoms. The summed E-state index contributed by atoms with van der Waals surface area (Å²) in [6.07, 6.45) is 0.693. The Morgan fingerprint density at radius 2 is 1.85 bits per heavy atom. The molecule has 4 heteroatoms. The van der Waals surface area contributed by atoms with Crippen molar-refractivity contribution in [2.45, 2.75) is 19.4 Å². The summed E-state index contributed by atoms with van der Waals surface area (Å²) in [4.78, 5) is 0. The Morgan fingerprint density at radius 3 is 2.50 bits per heavy atom. The molecule has 106 valence electrons. The Morgan fingerprint density at radius 1 is 1.10 bits per heavy atom. The van der Waals surface area contributed by atoms with E-state index < -0.39 is 0 Å². The highest BCUT2D eigenvalue weighted by Crippen LogP contribution is 2.27. The first-order chi connectivity index (χ1) is 9.51. The van der Waals surface area contributed by atoms with Gasteiger partial charge >= 0.3 is 0 Å². The Bertz CT molecular complexity index is 613. The molecule has 20 heavy (non-hydrogen) atoms. The van der Waals surface area contributed by atoms with Gasteiger partial charge in [-0.3, -0.25) is 0 Å². The third-order valence-electron chi connectivity index (χ3n) is 3.43. The maximum absolute atomic E-state index is 13.4. The van der Waals surface area contributed by atoms with E-state index >= 15 is 0 Å². The number of hydrogen-bond donors (Lipinski definition) is 1. The fourth-order valence-electron chi connectivity index (χ4n) is 2.20. The van der Waals surface area contributed by atoms with Crippen molar-refractivity contribution in [1.29, 1.82) is 0 Å². The molecule has 0 saturated heterocycles. The highest BCUT2D eigenvalue weighted by molar-refractivity contribution is 6.42. The third-order valence-corrected chi connectivity index (χ3v) is 4.17. The monoisotopic (exact) mass is 311 g/mol. The molecule has 2 aromatic rings. The van der Waals surface area contributed by atoms with Crippen LogP contribution < -0.4 is 5.32 Å². The summed E-state index contributed by atoms with van der Waals surface area (Å²) in [6.45, 7) is 1.98. The van der Waals surface area contributed by atoms with Crippen LogP contribution in [0, 0.1) is 12.7 Å². The summed E-state index contributed by atoms with van der Waals surface area (Å²) >= 11 is 12.0. The zero-order valence-corrected chi connectivity index (χ0v) is 12.9. The molecular weight excluding hydrogens is 296 g/mol. The first kappa shape index (κ1) is 15.3. The topological polar surface area (TPSA) is 12.0 Å². The molecule has 0 spiro atoms. The van der Waals surface area contributed by atoms with E-state index in [0.29, 0.717) is 16.5 Å². The van der Waals surface area contributed by atoms with Crippen molar-refractivity contribution >= 4 is 23.2 Å². The van der Waals surface area contributed by atoms with Crippen LogP contribution in [0.4, 0.5) is 4.39 Å². The molecule has 0 aliphatic heterocycles. The standard InChI is InChI=1S/C16H16Cl2FN/c1-10-3-5-13(19)7-12(10)9-16(20-2)11-4-6-14(17)15(18)8-11/h3-8,16,20H,9H2,1-2H3. The van der Waals surface area contributed by atoms with Crippen molar-refractivity contribution in [2.24, 2.45) is 0 Å². The summed E-state index contributed by atoms with van der Waals surface area (Å²) in [6, 6.07) is 10.5. The maximum atomic E-state index is 13.4. The maximum Gasteiger partial charge on any atom is 0.123 e. The predicted octanol–water partition coefficient (Wildman–Crippen LogP) is 4.94. The van der Waals surface area contributed by atoms with E-state index in [2.05, 4.69) is 5.32 Å². The number of likely N-dealkylation sites (N-methyl/N-ethyl adjacent to an activating group) is 1. The fourth-order valence-corrected chi connectivity index (χ4v) is 2.50. The molecule has 0 fully saturated rings. The Hall–Kier alpha value is -1.09. The average Bonchev–Trinajstić information content (AvgIpc) is 2.43. The van der Waals surface area contributed by atoms with E-state index in [4.69, 9.17) is 23.2 Å². The van der Waals surface area contributed by atoms with Gasteiger partial charge in [-0.05, 0) is 61.3 Å². The molecule has 0 aliphatic rings. The van der Waals surface area contributed by atoms with Gasteiger partial charge in [-0.15, -0.1) is 0 Å². The van der Waals surface area contributed by atoms with E-state index in [-0.39, 0.29) is 11.9 Å². The minimum atomic E-state index is -0.213. The average molecular weight is 312 g/mol. The molecule has 1 N–H and O–H groups in total. The van der Waals surface area contributed by atoms with Gasteiger partial charge in [-0.1, -0.05) is 35.3 Å². The zero-order valence-electron chi connectivity index (χ0n) is 11.4. The van der Waals surface area contributed by atoms with E-state index in [9.17, 15) is 4.39 Å². The van der Waals surface area contributed by atoms with Crippen LogP contribution in [-0.2, 0) is 6.42 Å². The van der Waals surface area contributed by atoms with Crippen LogP contribution in [0.5, 0.6) is 0 Å². The predicted molar refractivity (Wildman–Crippen MR) is 83.1 cm³/mol. The molecule has 2 rings (SSSR count). The highest BCUT2D eigenvalue weighted by atomic mass is 35.5. The van der Waals surface area contributed by atoms with Crippen LogP contribution in [0.1, 0.15) is 22.7 Å². The van der Waals surface area contributed by atoms with Gasteiger partial charge in [0.15, 0.2) is 0 Å². The summed E-state index contributed by atoms with van der Waals surface area (Å²) in [7, 11) is 1.88. The molecule has 0 aliphatic carbocycles. The zero-order chi connectivity index (χ0) is 14.7. The van der Waals surface area contributed by atoms with Crippen LogP contribution in [0.2, 0.25) is 10.0 Å². The van der Waals surface area contributed by atoms with Crippen molar-refractivity contribution < 1.29 is 4.39 Å². The normalized spacial score (nSPS) is 12.4. The van der Waals surface area contributed by atoms with Gasteiger partial charge in [-0.2, -0.15) is 0 Å². The summed E-state index contributed by atoms with van der Waals surface area (Å²) < 4.78 is 13.4. The van der Waals surface area contributed by atoms with Crippen LogP contribution in [0.3, 0.4) is 0 Å². The van der Waals surface area contributed by atoms with Crippen molar-refractivity contribution in [2.75, 3.05) is 7.05 Å². The van der Waals surface area contributed by atoms with Gasteiger partial charge in [0.2, 0.25) is 0 Å². The second kappa shape index (κ2) is 6.57. The van der Waals surface area contributed by atoms with E-state index in [0.717, 1.165) is 16.7 Å². The number of aryl methyl sites for hydroxylation is 1. The number of hydrogen-bond acceptors (Lipinski definition) is 1. The number of benzene rings is 2. The molecule has 0 radical (unpaired) electrons. The quantitative estimate of drug-likeness (QED) is 0.843. The lowest BCUT2D eigenvalue weighted by Gasteiger charge is -2.18. The lowest BCUT2D eigenvalue weighted by molar-refractivity contribution is 0.582. The molecule has 1 unspecified atom stereocenters. The number of nitrogens with one attached hydrogen (secondary N) is 1. The molecule has 1 atom stereocenters. The first-order valence-electron chi connectivity index (χ1n) is 6.38. The van der Waals surface area contributed by atoms with E-state index in [1.54, 1.807) is 18.2 Å². The van der Waals surface area contributed by atoms with E-state index in [1.807, 2.05) is 26.1 Å². The molecular formula is C16H16Cl2FN. The van der Waals surface area contributed by atoms with Crippen molar-refractivity contribution in [3.8, 4) is 0 Å². The van der Waals surface area contributed by atoms with Crippen LogP contribution >= 0.6 is 23.2 Å². The van der Waals surface area contributed by atoms with Crippen molar-refractivity contribution in [3.05, 3.63) is 69.0 Å². The fraction of sp³-hybridized carbons (Fsp3) is 0.250. The molecule has 0 amide bonds. The Balaban J connectivity index is 2.28. The van der Waals surface area contributed by atoms with Crippen LogP contribution in [0.15, 0.2) is 36.4 Å². The van der Waals surface area contributed by atoms with E-state index in [1.165, 1.54) is 6.07 Å². The van der Waals surface area contributed by atoms with Crippen molar-refractivity contribution in [3.63, 3.8) is 0 Å². The second-order valence-corrected chi connectivity index (χ2v) is 5.60. The minimum Gasteiger partial charge on any atom is -0.313 e. The minimum absolute atomic E-state index is 0.0604. The largest absolute Gasteiger partial charge is 0.313 e. The molecule has 0 heterocycles. The summed E-state index contributed by atoms with van der Waals surface area (Å²) in [5.41, 5.74) is 3.09. The molecule has 0 saturated carbocycles. The van der Waals surface area contributed by atoms with Crippen molar-refractivity contribution in [1.82, 2.24) is 5.32 Å². The van der Waals surface area contributed by atoms with Gasteiger partial charge in [0.1, 0.15) is 5.82 Å². The first-order valence-corrected chi connectivity index (χ1v) is 7.14. The van der Waals surface area contributed by atoms with Gasteiger partial charge in [0.25, 0.3) is 0 Å². The smallest absolute Gasteiger partial charge is 0.123 e. The number of rotatable bonds is 4. The van der Waals surface area contributed by atoms with Gasteiger partial charge < -0.3 is 5.32 Å². The van der Waals surface area contributed by atoms with Gasteiger partial charge in [0, 0.05) is 6.04 Å². The molecule has 1 nitrogen and oxygen atoms in total. The second-order valence-electron chi connectivity index (χ2n) is 4.79. The molecule has 0 aromatic heterocycles. The molecule has 2 aromatic carbocycles. The lowest BCUT2D eigenvalue weighted by atomic mass is 9.96. The van der Waals surface area contributed by atoms with Gasteiger partial charge in [0.05, 0.1) is 10.0 Å². The summed E-state index contributed by atoms with van der Waals surface area (Å²) in [5, 5.41) is 4.30. The highest BCUT2D eigenvalue weighted by Gasteiger charge is 2.13. The lowest BCUT2D eigenvalue weighted by Crippen LogP contribution is -2.19. The number of halogens is 3. The Labute approximate surface area is 128 Å². The van der Waals surface area contributed by atoms with Crippen LogP contribution in [0.25, 0.3) is 0 Å². The third kappa shape index (κ3) is 3.51. The van der Waals surface area contributed by atoms with Gasteiger partial charge in [-0.25, -0.2) is 4.39 Å². The van der Waals surface area contributed by atoms with Crippen LogP contribution in [-0.4, -0.2) is 7.05 Å². The summed E-state index contributed by atoms with van der Waals surface area (Å²) in [5.74, 6) is -0.213. The SMILES string of the molecule is CNC(Cc1cc(F)ccc1C)c1ccc(Cl)c(Cl)c1. The Kier molecular flexibility index (Phi) is 5.03.